The van der Waals surface area contributed by atoms with Crippen molar-refractivity contribution in [1.29, 1.82) is 0 Å². The fourth-order valence-electron chi connectivity index (χ4n) is 1.36. The molecular formula is C14H12O. The second-order valence-corrected chi connectivity index (χ2v) is 3.46. The normalized spacial score (nSPS) is 19.9. The monoisotopic (exact) mass is 196 g/mol. The molecule has 1 aromatic rings. The van der Waals surface area contributed by atoms with Crippen molar-refractivity contribution in [2.75, 3.05) is 6.61 Å². The molecule has 0 amide bonds. The SMILES string of the molecule is C=C1COC(C#Cc2ccccc2)C1=C. The first-order valence-corrected chi connectivity index (χ1v) is 4.82. The minimum absolute atomic E-state index is 0.183. The van der Waals surface area contributed by atoms with Gasteiger partial charge in [0.25, 0.3) is 0 Å². The Morgan fingerprint density at radius 3 is 2.53 bits per heavy atom. The second-order valence-electron chi connectivity index (χ2n) is 3.46. The molecular weight excluding hydrogens is 184 g/mol. The molecule has 1 aliphatic heterocycles. The molecule has 1 aliphatic rings. The third kappa shape index (κ3) is 2.18. The van der Waals surface area contributed by atoms with Crippen molar-refractivity contribution in [2.24, 2.45) is 0 Å². The van der Waals surface area contributed by atoms with Gasteiger partial charge in [0.1, 0.15) is 6.10 Å². The summed E-state index contributed by atoms with van der Waals surface area (Å²) in [5.41, 5.74) is 2.84. The van der Waals surface area contributed by atoms with Gasteiger partial charge in [0.15, 0.2) is 0 Å². The number of hydrogen-bond acceptors (Lipinski definition) is 1. The Kier molecular flexibility index (Phi) is 2.71. The van der Waals surface area contributed by atoms with E-state index in [2.05, 4.69) is 25.0 Å². The van der Waals surface area contributed by atoms with Crippen LogP contribution in [0.2, 0.25) is 0 Å². The molecule has 1 atom stereocenters. The van der Waals surface area contributed by atoms with Gasteiger partial charge in [0.05, 0.1) is 6.61 Å². The molecule has 1 saturated heterocycles. The van der Waals surface area contributed by atoms with Crippen LogP contribution in [0.1, 0.15) is 5.56 Å². The van der Waals surface area contributed by atoms with E-state index in [1.807, 2.05) is 30.3 Å². The summed E-state index contributed by atoms with van der Waals surface area (Å²) in [5, 5.41) is 0. The van der Waals surface area contributed by atoms with Gasteiger partial charge in [-0.1, -0.05) is 43.2 Å². The summed E-state index contributed by atoms with van der Waals surface area (Å²) in [6.07, 6.45) is -0.183. The van der Waals surface area contributed by atoms with Crippen LogP contribution in [0, 0.1) is 11.8 Å². The van der Waals surface area contributed by atoms with Gasteiger partial charge in [-0.2, -0.15) is 0 Å². The number of rotatable bonds is 0. The van der Waals surface area contributed by atoms with Crippen LogP contribution in [-0.2, 0) is 4.74 Å². The van der Waals surface area contributed by atoms with Crippen LogP contribution in [0.3, 0.4) is 0 Å². The number of ether oxygens (including phenoxy) is 1. The molecule has 0 spiro atoms. The Morgan fingerprint density at radius 2 is 1.93 bits per heavy atom. The van der Waals surface area contributed by atoms with E-state index >= 15 is 0 Å². The first kappa shape index (κ1) is 9.76. The highest BCUT2D eigenvalue weighted by molar-refractivity contribution is 5.43. The molecule has 0 saturated carbocycles. The zero-order chi connectivity index (χ0) is 10.7. The van der Waals surface area contributed by atoms with Gasteiger partial charge in [0.2, 0.25) is 0 Å². The Bertz CT molecular complexity index is 445. The molecule has 1 unspecified atom stereocenters. The minimum Gasteiger partial charge on any atom is -0.356 e. The van der Waals surface area contributed by atoms with Gasteiger partial charge >= 0.3 is 0 Å². The summed E-state index contributed by atoms with van der Waals surface area (Å²) >= 11 is 0. The zero-order valence-electron chi connectivity index (χ0n) is 8.49. The predicted octanol–water partition coefficient (Wildman–Crippen LogP) is 2.55. The average Bonchev–Trinajstić information content (AvgIpc) is 2.59. The number of hydrogen-bond donors (Lipinski definition) is 0. The molecule has 2 rings (SSSR count). The molecule has 0 N–H and O–H groups in total. The van der Waals surface area contributed by atoms with Crippen molar-refractivity contribution in [1.82, 2.24) is 0 Å². The first-order chi connectivity index (χ1) is 7.27. The fourth-order valence-corrected chi connectivity index (χ4v) is 1.36. The predicted molar refractivity (Wildman–Crippen MR) is 61.3 cm³/mol. The highest BCUT2D eigenvalue weighted by atomic mass is 16.5. The quantitative estimate of drug-likeness (QED) is 0.579. The van der Waals surface area contributed by atoms with Crippen LogP contribution in [0.15, 0.2) is 54.6 Å². The van der Waals surface area contributed by atoms with Crippen LogP contribution in [-0.4, -0.2) is 12.7 Å². The molecule has 1 heterocycles. The molecule has 1 heteroatoms. The Hall–Kier alpha value is -1.78. The summed E-state index contributed by atoms with van der Waals surface area (Å²) in [6, 6.07) is 9.84. The van der Waals surface area contributed by atoms with E-state index in [0.29, 0.717) is 6.61 Å². The third-order valence-corrected chi connectivity index (χ3v) is 2.32. The van der Waals surface area contributed by atoms with E-state index < -0.39 is 0 Å². The molecule has 0 bridgehead atoms. The lowest BCUT2D eigenvalue weighted by atomic mass is 10.1. The summed E-state index contributed by atoms with van der Waals surface area (Å²) in [6.45, 7) is 8.30. The first-order valence-electron chi connectivity index (χ1n) is 4.82. The standard InChI is InChI=1S/C14H12O/c1-11-10-15-14(12(11)2)9-8-13-6-4-3-5-7-13/h3-7,14H,1-2,10H2. The van der Waals surface area contributed by atoms with Crippen molar-refractivity contribution in [3.8, 4) is 11.8 Å². The van der Waals surface area contributed by atoms with Crippen LogP contribution in [0.5, 0.6) is 0 Å². The van der Waals surface area contributed by atoms with Gasteiger partial charge in [-0.15, -0.1) is 0 Å². The zero-order valence-corrected chi connectivity index (χ0v) is 8.49. The van der Waals surface area contributed by atoms with Crippen molar-refractivity contribution in [3.63, 3.8) is 0 Å². The molecule has 0 aromatic heterocycles. The highest BCUT2D eigenvalue weighted by Gasteiger charge is 2.20. The Morgan fingerprint density at radius 1 is 1.20 bits per heavy atom. The maximum absolute atomic E-state index is 5.43. The average molecular weight is 196 g/mol. The van der Waals surface area contributed by atoms with Crippen molar-refractivity contribution in [2.45, 2.75) is 6.10 Å². The van der Waals surface area contributed by atoms with Crippen LogP contribution >= 0.6 is 0 Å². The fraction of sp³-hybridized carbons (Fsp3) is 0.143. The molecule has 1 nitrogen and oxygen atoms in total. The lowest BCUT2D eigenvalue weighted by Gasteiger charge is -1.99. The molecule has 0 aliphatic carbocycles. The lowest BCUT2D eigenvalue weighted by molar-refractivity contribution is 0.170. The summed E-state index contributed by atoms with van der Waals surface area (Å²) in [7, 11) is 0. The molecule has 0 radical (unpaired) electrons. The van der Waals surface area contributed by atoms with Gasteiger partial charge in [-0.3, -0.25) is 0 Å². The molecule has 1 fully saturated rings. The van der Waals surface area contributed by atoms with Crippen LogP contribution in [0.4, 0.5) is 0 Å². The molecule has 1 aromatic carbocycles. The van der Waals surface area contributed by atoms with E-state index in [-0.39, 0.29) is 6.10 Å². The largest absolute Gasteiger partial charge is 0.356 e. The van der Waals surface area contributed by atoms with E-state index in [4.69, 9.17) is 4.74 Å². The van der Waals surface area contributed by atoms with Crippen LogP contribution < -0.4 is 0 Å². The van der Waals surface area contributed by atoms with Gasteiger partial charge in [-0.05, 0) is 23.3 Å². The van der Waals surface area contributed by atoms with Crippen molar-refractivity contribution in [3.05, 3.63) is 60.2 Å². The maximum Gasteiger partial charge on any atom is 0.143 e. The lowest BCUT2D eigenvalue weighted by Crippen LogP contribution is -2.02. The minimum atomic E-state index is -0.183. The maximum atomic E-state index is 5.43. The highest BCUT2D eigenvalue weighted by Crippen LogP contribution is 2.21. The van der Waals surface area contributed by atoms with E-state index in [1.54, 1.807) is 0 Å². The summed E-state index contributed by atoms with van der Waals surface area (Å²) in [4.78, 5) is 0. The van der Waals surface area contributed by atoms with Gasteiger partial charge in [-0.25, -0.2) is 0 Å². The Balaban J connectivity index is 2.13. The smallest absolute Gasteiger partial charge is 0.143 e. The molecule has 15 heavy (non-hydrogen) atoms. The topological polar surface area (TPSA) is 9.23 Å². The van der Waals surface area contributed by atoms with Gasteiger partial charge in [0, 0.05) is 5.56 Å². The van der Waals surface area contributed by atoms with E-state index in [1.165, 1.54) is 0 Å². The second kappa shape index (κ2) is 4.16. The van der Waals surface area contributed by atoms with Crippen molar-refractivity contribution < 1.29 is 4.74 Å². The summed E-state index contributed by atoms with van der Waals surface area (Å²) in [5.74, 6) is 6.11. The van der Waals surface area contributed by atoms with E-state index in [9.17, 15) is 0 Å². The third-order valence-electron chi connectivity index (χ3n) is 2.32. The van der Waals surface area contributed by atoms with Crippen molar-refractivity contribution >= 4 is 0 Å². The molecule has 74 valence electrons. The van der Waals surface area contributed by atoms with Crippen LogP contribution in [0.25, 0.3) is 0 Å². The Labute approximate surface area is 90.1 Å². The summed E-state index contributed by atoms with van der Waals surface area (Å²) < 4.78 is 5.43. The van der Waals surface area contributed by atoms with Gasteiger partial charge < -0.3 is 4.74 Å². The van der Waals surface area contributed by atoms with E-state index in [0.717, 1.165) is 16.7 Å². The number of benzene rings is 1.